The number of nitrogens with two attached hydrogens (primary N) is 1. The van der Waals surface area contributed by atoms with Gasteiger partial charge in [-0.25, -0.2) is 4.79 Å². The van der Waals surface area contributed by atoms with Crippen LogP contribution in [-0.2, 0) is 11.3 Å². The third-order valence-electron chi connectivity index (χ3n) is 4.32. The summed E-state index contributed by atoms with van der Waals surface area (Å²) in [6.45, 7) is 4.95. The summed E-state index contributed by atoms with van der Waals surface area (Å²) in [6.07, 6.45) is -0.391. The fourth-order valence-corrected chi connectivity index (χ4v) is 4.23. The second-order valence-electron chi connectivity index (χ2n) is 7.14. The first-order valence-electron chi connectivity index (χ1n) is 9.69. The number of thiophene rings is 1. The number of primary amides is 1. The van der Waals surface area contributed by atoms with Gasteiger partial charge in [0.2, 0.25) is 0 Å². The smallest absolute Gasteiger partial charge is 0.341 e. The molecule has 1 aromatic carbocycles. The fourth-order valence-electron chi connectivity index (χ4n) is 2.84. The highest BCUT2D eigenvalue weighted by molar-refractivity contribution is 7.18. The molecule has 0 bridgehead atoms. The number of carbonyl (C=O) groups is 3. The molecule has 8 nitrogen and oxygen atoms in total. The van der Waals surface area contributed by atoms with E-state index in [1.807, 2.05) is 0 Å². The molecule has 11 heteroatoms. The highest BCUT2D eigenvalue weighted by atomic mass is 35.5. The molecule has 0 saturated carbocycles. The quantitative estimate of drug-likeness (QED) is 0.388. The molecule has 0 saturated heterocycles. The second-order valence-corrected chi connectivity index (χ2v) is 8.95. The Morgan fingerprint density at radius 3 is 2.58 bits per heavy atom. The Morgan fingerprint density at radius 1 is 1.18 bits per heavy atom. The average Bonchev–Trinajstić information content (AvgIpc) is 3.33. The van der Waals surface area contributed by atoms with E-state index in [9.17, 15) is 14.4 Å². The van der Waals surface area contributed by atoms with Crippen molar-refractivity contribution in [2.24, 2.45) is 5.73 Å². The van der Waals surface area contributed by atoms with Gasteiger partial charge >= 0.3 is 5.97 Å². The van der Waals surface area contributed by atoms with Crippen LogP contribution in [-0.4, -0.2) is 23.9 Å². The predicted octanol–water partition coefficient (Wildman–Crippen LogP) is 5.45. The normalized spacial score (nSPS) is 10.8. The molecule has 3 rings (SSSR count). The van der Waals surface area contributed by atoms with Gasteiger partial charge in [0, 0.05) is 0 Å². The molecule has 33 heavy (non-hydrogen) atoms. The number of anilines is 1. The summed E-state index contributed by atoms with van der Waals surface area (Å²) in [5.41, 5.74) is 5.81. The van der Waals surface area contributed by atoms with Crippen LogP contribution in [0.1, 0.15) is 55.8 Å². The van der Waals surface area contributed by atoms with Crippen LogP contribution in [0.2, 0.25) is 10.0 Å². The van der Waals surface area contributed by atoms with E-state index >= 15 is 0 Å². The molecule has 3 N–H and O–H groups in total. The molecule has 2 heterocycles. The zero-order valence-corrected chi connectivity index (χ0v) is 20.2. The number of rotatable bonds is 8. The third kappa shape index (κ3) is 5.68. The number of esters is 1. The van der Waals surface area contributed by atoms with E-state index in [4.69, 9.17) is 42.8 Å². The fraction of sp³-hybridized carbons (Fsp3) is 0.227. The monoisotopic (exact) mass is 510 g/mol. The van der Waals surface area contributed by atoms with E-state index in [0.29, 0.717) is 22.1 Å². The number of halogens is 2. The largest absolute Gasteiger partial charge is 0.484 e. The summed E-state index contributed by atoms with van der Waals surface area (Å²) >= 11 is 12.9. The molecule has 0 unspecified atom stereocenters. The molecule has 2 aromatic heterocycles. The Kier molecular flexibility index (Phi) is 7.68. The van der Waals surface area contributed by atoms with Gasteiger partial charge in [0.25, 0.3) is 11.8 Å². The lowest BCUT2D eigenvalue weighted by Crippen LogP contribution is -2.17. The molecule has 0 aliphatic rings. The summed E-state index contributed by atoms with van der Waals surface area (Å²) in [4.78, 5) is 37.2. The summed E-state index contributed by atoms with van der Waals surface area (Å²) in [5, 5.41) is 3.35. The third-order valence-corrected chi connectivity index (χ3v) is 6.34. The van der Waals surface area contributed by atoms with E-state index in [0.717, 1.165) is 11.3 Å². The van der Waals surface area contributed by atoms with Crippen molar-refractivity contribution in [2.75, 3.05) is 5.32 Å². The van der Waals surface area contributed by atoms with Crippen LogP contribution in [0.5, 0.6) is 5.75 Å². The van der Waals surface area contributed by atoms with Crippen LogP contribution in [0.25, 0.3) is 0 Å². The molecular formula is C22H20Cl2N2O6S. The van der Waals surface area contributed by atoms with Crippen molar-refractivity contribution >= 4 is 57.3 Å². The van der Waals surface area contributed by atoms with Gasteiger partial charge in [-0.1, -0.05) is 29.3 Å². The molecule has 0 radical (unpaired) electrons. The summed E-state index contributed by atoms with van der Waals surface area (Å²) < 4.78 is 16.4. The number of ether oxygens (including phenoxy) is 2. The molecule has 2 amide bonds. The maximum absolute atomic E-state index is 12.7. The number of benzene rings is 1. The van der Waals surface area contributed by atoms with Crippen molar-refractivity contribution in [3.05, 3.63) is 67.9 Å². The topological polar surface area (TPSA) is 121 Å². The minimum Gasteiger partial charge on any atom is -0.484 e. The molecule has 0 aliphatic carbocycles. The molecular weight excluding hydrogens is 491 g/mol. The van der Waals surface area contributed by atoms with Crippen molar-refractivity contribution in [2.45, 2.75) is 33.5 Å². The summed E-state index contributed by atoms with van der Waals surface area (Å²) in [6, 6.07) is 7.99. The van der Waals surface area contributed by atoms with E-state index < -0.39 is 23.9 Å². The van der Waals surface area contributed by atoms with Crippen LogP contribution < -0.4 is 15.8 Å². The van der Waals surface area contributed by atoms with Gasteiger partial charge in [0.15, 0.2) is 5.76 Å². The van der Waals surface area contributed by atoms with E-state index in [1.54, 1.807) is 45.0 Å². The standard InChI is InChI=1S/C22H20Cl2N2O6S/c1-10(2)31-22(29)16-11(3)18(19(25)27)33-21(16)26-20(28)15-8-7-12(32-15)9-30-14-6-4-5-13(23)17(14)24/h4-8,10H,9H2,1-3H3,(H2,25,27)(H,26,28). The van der Waals surface area contributed by atoms with Crippen LogP contribution in [0, 0.1) is 6.92 Å². The number of nitrogens with one attached hydrogen (secondary N) is 1. The van der Waals surface area contributed by atoms with Gasteiger partial charge in [-0.3, -0.25) is 9.59 Å². The van der Waals surface area contributed by atoms with Crippen molar-refractivity contribution in [3.8, 4) is 5.75 Å². The van der Waals surface area contributed by atoms with Crippen molar-refractivity contribution < 1.29 is 28.3 Å². The molecule has 3 aromatic rings. The maximum Gasteiger partial charge on any atom is 0.341 e. The highest BCUT2D eigenvalue weighted by Gasteiger charge is 2.27. The lowest BCUT2D eigenvalue weighted by molar-refractivity contribution is 0.0379. The Hall–Kier alpha value is -3.01. The zero-order chi connectivity index (χ0) is 24.3. The molecule has 174 valence electrons. The Labute approximate surface area is 203 Å². The zero-order valence-electron chi connectivity index (χ0n) is 17.9. The number of hydrogen-bond acceptors (Lipinski definition) is 7. The SMILES string of the molecule is Cc1c(C(N)=O)sc(NC(=O)c2ccc(COc3cccc(Cl)c3Cl)o2)c1C(=O)OC(C)C. The minimum absolute atomic E-state index is 0.00321. The van der Waals surface area contributed by atoms with Gasteiger partial charge in [-0.05, 0) is 50.6 Å². The summed E-state index contributed by atoms with van der Waals surface area (Å²) in [7, 11) is 0. The van der Waals surface area contributed by atoms with Crippen LogP contribution in [0.15, 0.2) is 34.7 Å². The second kappa shape index (κ2) is 10.3. The van der Waals surface area contributed by atoms with Crippen LogP contribution in [0.3, 0.4) is 0 Å². The van der Waals surface area contributed by atoms with E-state index in [1.165, 1.54) is 6.07 Å². The Morgan fingerprint density at radius 2 is 1.91 bits per heavy atom. The Balaban J connectivity index is 1.77. The highest BCUT2D eigenvalue weighted by Crippen LogP contribution is 2.34. The van der Waals surface area contributed by atoms with Gasteiger partial charge in [0.1, 0.15) is 28.1 Å². The van der Waals surface area contributed by atoms with Gasteiger partial charge < -0.3 is 24.9 Å². The van der Waals surface area contributed by atoms with E-state index in [-0.39, 0.29) is 32.8 Å². The van der Waals surface area contributed by atoms with Crippen molar-refractivity contribution in [3.63, 3.8) is 0 Å². The first-order valence-corrected chi connectivity index (χ1v) is 11.3. The molecule has 0 spiro atoms. The minimum atomic E-state index is -0.714. The van der Waals surface area contributed by atoms with Crippen molar-refractivity contribution in [1.29, 1.82) is 0 Å². The molecule has 0 aliphatic heterocycles. The number of carbonyl (C=O) groups excluding carboxylic acids is 3. The number of amides is 2. The van der Waals surface area contributed by atoms with Crippen molar-refractivity contribution in [1.82, 2.24) is 0 Å². The number of furan rings is 1. The molecule has 0 fully saturated rings. The lowest BCUT2D eigenvalue weighted by atomic mass is 10.1. The Bertz CT molecular complexity index is 1220. The first-order chi connectivity index (χ1) is 15.6. The predicted molar refractivity (Wildman–Crippen MR) is 126 cm³/mol. The van der Waals surface area contributed by atoms with Crippen LogP contribution >= 0.6 is 34.5 Å². The van der Waals surface area contributed by atoms with Gasteiger partial charge in [-0.15, -0.1) is 11.3 Å². The first kappa shape index (κ1) is 24.6. The average molecular weight is 511 g/mol. The van der Waals surface area contributed by atoms with E-state index in [2.05, 4.69) is 5.32 Å². The molecule has 0 atom stereocenters. The number of hydrogen-bond donors (Lipinski definition) is 2. The van der Waals surface area contributed by atoms with Gasteiger partial charge in [-0.2, -0.15) is 0 Å². The summed E-state index contributed by atoms with van der Waals surface area (Å²) in [5.74, 6) is -1.32. The van der Waals surface area contributed by atoms with Crippen LogP contribution in [0.4, 0.5) is 5.00 Å². The van der Waals surface area contributed by atoms with Gasteiger partial charge in [0.05, 0.1) is 21.6 Å². The lowest BCUT2D eigenvalue weighted by Gasteiger charge is -2.10. The maximum atomic E-state index is 12.7.